The highest BCUT2D eigenvalue weighted by atomic mass is 32.1. The van der Waals surface area contributed by atoms with Crippen molar-refractivity contribution < 1.29 is 19.1 Å². The summed E-state index contributed by atoms with van der Waals surface area (Å²) in [5.74, 6) is 2.57. The van der Waals surface area contributed by atoms with Gasteiger partial charge < -0.3 is 24.9 Å². The Bertz CT molecular complexity index is 1310. The zero-order chi connectivity index (χ0) is 28.1. The van der Waals surface area contributed by atoms with E-state index in [0.29, 0.717) is 30.7 Å². The second-order valence-corrected chi connectivity index (χ2v) is 11.5. The summed E-state index contributed by atoms with van der Waals surface area (Å²) in [4.78, 5) is 24.1. The summed E-state index contributed by atoms with van der Waals surface area (Å²) in [6, 6.07) is 10.3. The molecule has 0 unspecified atom stereocenters. The van der Waals surface area contributed by atoms with E-state index in [1.165, 1.54) is 23.9 Å². The third-order valence-electron chi connectivity index (χ3n) is 7.67. The molecule has 1 atom stereocenters. The van der Waals surface area contributed by atoms with Crippen LogP contribution in [0.4, 0.5) is 5.82 Å². The fourth-order valence-electron chi connectivity index (χ4n) is 5.20. The standard InChI is InChI=1S/C31H41N5O4.H2S/c1-20(2)11-26-12-24(14-30(35-26)34-25-5-4-6-25)31(38)32-15-27(37)17-36-10-9-22-13-28(8-7-23(22)16-36)39-18-29-21(3)33-19-40-29;/h7-8,12-14,19-20,25,27,37H,4-6,9-11,15-18H2,1-3H3,(H,32,38)(H,34,35);1H2/t27-;/m0./s1. The molecule has 9 nitrogen and oxygen atoms in total. The number of aryl methyl sites for hydroxylation is 1. The third-order valence-corrected chi connectivity index (χ3v) is 7.67. The van der Waals surface area contributed by atoms with Crippen LogP contribution in [-0.4, -0.2) is 57.7 Å². The molecule has 41 heavy (non-hydrogen) atoms. The van der Waals surface area contributed by atoms with Crippen LogP contribution in [0.3, 0.4) is 0 Å². The van der Waals surface area contributed by atoms with Crippen molar-refractivity contribution in [3.8, 4) is 5.75 Å². The van der Waals surface area contributed by atoms with Crippen molar-refractivity contribution in [2.75, 3.05) is 25.0 Å². The van der Waals surface area contributed by atoms with E-state index in [-0.39, 0.29) is 25.9 Å². The van der Waals surface area contributed by atoms with Gasteiger partial charge in [-0.3, -0.25) is 9.69 Å². The van der Waals surface area contributed by atoms with Crippen LogP contribution in [0.2, 0.25) is 0 Å². The molecule has 1 saturated carbocycles. The molecule has 3 heterocycles. The molecule has 2 aromatic heterocycles. The molecule has 2 aliphatic rings. The minimum absolute atomic E-state index is 0. The van der Waals surface area contributed by atoms with Crippen molar-refractivity contribution in [3.05, 3.63) is 70.6 Å². The number of aromatic nitrogens is 2. The summed E-state index contributed by atoms with van der Waals surface area (Å²) in [5.41, 5.74) is 4.83. The van der Waals surface area contributed by atoms with Gasteiger partial charge in [0.05, 0.1) is 11.8 Å². The maximum Gasteiger partial charge on any atom is 0.251 e. The Morgan fingerprint density at radius 2 is 2.05 bits per heavy atom. The molecular weight excluding hydrogens is 538 g/mol. The summed E-state index contributed by atoms with van der Waals surface area (Å²) in [6.45, 7) is 8.83. The van der Waals surface area contributed by atoms with E-state index >= 15 is 0 Å². The number of nitrogens with zero attached hydrogens (tertiary/aromatic N) is 3. The molecule has 10 heteroatoms. The lowest BCUT2D eigenvalue weighted by Gasteiger charge is -2.30. The summed E-state index contributed by atoms with van der Waals surface area (Å²) in [7, 11) is 0. The van der Waals surface area contributed by atoms with Crippen LogP contribution < -0.4 is 15.4 Å². The number of nitrogens with one attached hydrogen (secondary N) is 2. The van der Waals surface area contributed by atoms with Gasteiger partial charge in [-0.1, -0.05) is 19.9 Å². The quantitative estimate of drug-likeness (QED) is 0.289. The summed E-state index contributed by atoms with van der Waals surface area (Å²) in [5, 5.41) is 17.1. The van der Waals surface area contributed by atoms with Gasteiger partial charge in [0.1, 0.15) is 18.2 Å². The molecular formula is C31H43N5O4S. The van der Waals surface area contributed by atoms with Crippen molar-refractivity contribution in [2.45, 2.75) is 78.2 Å². The molecule has 0 bridgehead atoms. The highest BCUT2D eigenvalue weighted by Crippen LogP contribution is 2.26. The Labute approximate surface area is 249 Å². The monoisotopic (exact) mass is 581 g/mol. The van der Waals surface area contributed by atoms with Gasteiger partial charge in [0, 0.05) is 43.5 Å². The lowest BCUT2D eigenvalue weighted by atomic mass is 9.93. The number of anilines is 1. The van der Waals surface area contributed by atoms with Crippen molar-refractivity contribution in [2.24, 2.45) is 5.92 Å². The van der Waals surface area contributed by atoms with Gasteiger partial charge in [0.25, 0.3) is 5.91 Å². The number of benzene rings is 1. The average Bonchev–Trinajstić information content (AvgIpc) is 3.32. The van der Waals surface area contributed by atoms with Gasteiger partial charge in [-0.15, -0.1) is 0 Å². The molecule has 0 radical (unpaired) electrons. The number of β-amino-alcohol motifs (C(OH)–C–C–N with tert-alkyl or cyclic N) is 1. The fraction of sp³-hybridized carbons (Fsp3) is 0.516. The molecule has 5 rings (SSSR count). The molecule has 1 amide bonds. The number of fused-ring (bicyclic) bond motifs is 1. The summed E-state index contributed by atoms with van der Waals surface area (Å²) >= 11 is 0. The van der Waals surface area contributed by atoms with Gasteiger partial charge >= 0.3 is 0 Å². The number of aliphatic hydroxyl groups excluding tert-OH is 1. The maximum absolute atomic E-state index is 13.0. The Hall–Kier alpha value is -3.08. The van der Waals surface area contributed by atoms with Crippen molar-refractivity contribution >= 4 is 25.2 Å². The largest absolute Gasteiger partial charge is 0.486 e. The first-order chi connectivity index (χ1) is 19.3. The Morgan fingerprint density at radius 3 is 2.76 bits per heavy atom. The zero-order valence-corrected chi connectivity index (χ0v) is 25.3. The molecule has 1 fully saturated rings. The zero-order valence-electron chi connectivity index (χ0n) is 24.3. The van der Waals surface area contributed by atoms with E-state index in [2.05, 4.69) is 46.5 Å². The molecule has 0 spiro atoms. The lowest BCUT2D eigenvalue weighted by molar-refractivity contribution is 0.0841. The number of amides is 1. The van der Waals surface area contributed by atoms with E-state index in [4.69, 9.17) is 14.1 Å². The second kappa shape index (κ2) is 14.2. The van der Waals surface area contributed by atoms with Crippen molar-refractivity contribution in [1.29, 1.82) is 0 Å². The predicted molar refractivity (Wildman–Crippen MR) is 164 cm³/mol. The van der Waals surface area contributed by atoms with Crippen LogP contribution in [0.1, 0.15) is 71.7 Å². The van der Waals surface area contributed by atoms with Crippen LogP contribution in [0, 0.1) is 12.8 Å². The highest BCUT2D eigenvalue weighted by Gasteiger charge is 2.22. The SMILES string of the molecule is Cc1ncoc1COc1ccc2c(c1)CCN(C[C@@H](O)CNC(=O)c1cc(CC(C)C)nc(NC3CCC3)c1)C2.S. The van der Waals surface area contributed by atoms with E-state index in [9.17, 15) is 9.90 Å². The topological polar surface area (TPSA) is 113 Å². The van der Waals surface area contributed by atoms with Gasteiger partial charge in [-0.05, 0) is 80.3 Å². The number of carbonyl (C=O) groups is 1. The first-order valence-corrected chi connectivity index (χ1v) is 14.4. The number of hydrogen-bond acceptors (Lipinski definition) is 8. The normalized spacial score (nSPS) is 15.9. The molecule has 0 saturated heterocycles. The minimum atomic E-state index is -0.664. The fourth-order valence-corrected chi connectivity index (χ4v) is 5.20. The number of rotatable bonds is 12. The highest BCUT2D eigenvalue weighted by molar-refractivity contribution is 7.59. The van der Waals surface area contributed by atoms with E-state index in [1.807, 2.05) is 25.1 Å². The van der Waals surface area contributed by atoms with Crippen LogP contribution >= 0.6 is 13.5 Å². The van der Waals surface area contributed by atoms with Crippen molar-refractivity contribution in [1.82, 2.24) is 20.2 Å². The number of oxazole rings is 1. The number of hydrogen-bond donors (Lipinski definition) is 3. The molecule has 1 aromatic carbocycles. The number of ether oxygens (including phenoxy) is 1. The maximum atomic E-state index is 13.0. The minimum Gasteiger partial charge on any atom is -0.486 e. The smallest absolute Gasteiger partial charge is 0.251 e. The van der Waals surface area contributed by atoms with Gasteiger partial charge in [-0.25, -0.2) is 9.97 Å². The average molecular weight is 582 g/mol. The molecule has 3 N–H and O–H groups in total. The molecule has 1 aliphatic heterocycles. The van der Waals surface area contributed by atoms with Crippen molar-refractivity contribution in [3.63, 3.8) is 0 Å². The van der Waals surface area contributed by atoms with Gasteiger partial charge in [0.15, 0.2) is 12.2 Å². The third kappa shape index (κ3) is 8.47. The summed E-state index contributed by atoms with van der Waals surface area (Å²) < 4.78 is 11.3. The van der Waals surface area contributed by atoms with Crippen LogP contribution in [0.15, 0.2) is 41.1 Å². The number of carbonyl (C=O) groups excluding carboxylic acids is 1. The van der Waals surface area contributed by atoms with Crippen LogP contribution in [0.5, 0.6) is 5.75 Å². The predicted octanol–water partition coefficient (Wildman–Crippen LogP) is 4.38. The van der Waals surface area contributed by atoms with E-state index in [1.54, 1.807) is 0 Å². The van der Waals surface area contributed by atoms with Gasteiger partial charge in [0.2, 0.25) is 0 Å². The Morgan fingerprint density at radius 1 is 1.22 bits per heavy atom. The first kappa shape index (κ1) is 30.9. The van der Waals surface area contributed by atoms with E-state index < -0.39 is 6.10 Å². The Kier molecular flexibility index (Phi) is 10.7. The van der Waals surface area contributed by atoms with Crippen LogP contribution in [-0.2, 0) is 26.0 Å². The molecule has 222 valence electrons. The van der Waals surface area contributed by atoms with Gasteiger partial charge in [-0.2, -0.15) is 13.5 Å². The first-order valence-electron chi connectivity index (χ1n) is 14.4. The molecule has 3 aromatic rings. The number of aliphatic hydroxyl groups is 1. The number of pyridine rings is 1. The molecule has 1 aliphatic carbocycles. The summed E-state index contributed by atoms with van der Waals surface area (Å²) in [6.07, 6.45) is 5.97. The Balaban J connectivity index is 0.00000387. The van der Waals surface area contributed by atoms with E-state index in [0.717, 1.165) is 67.5 Å². The van der Waals surface area contributed by atoms with Crippen LogP contribution in [0.25, 0.3) is 0 Å². The lowest BCUT2D eigenvalue weighted by Crippen LogP contribution is -2.42. The second-order valence-electron chi connectivity index (χ2n) is 11.5.